The van der Waals surface area contributed by atoms with Gasteiger partial charge in [-0.05, 0) is 6.07 Å². The van der Waals surface area contributed by atoms with Crippen molar-refractivity contribution in [3.8, 4) is 0 Å². The lowest BCUT2D eigenvalue weighted by atomic mass is 9.86. The molecule has 0 radical (unpaired) electrons. The highest BCUT2D eigenvalue weighted by molar-refractivity contribution is 5.98. The summed E-state index contributed by atoms with van der Waals surface area (Å²) in [6.45, 7) is 4.02. The van der Waals surface area contributed by atoms with E-state index in [1.807, 2.05) is 13.8 Å². The van der Waals surface area contributed by atoms with Crippen LogP contribution in [0, 0.1) is 5.41 Å². The first-order chi connectivity index (χ1) is 5.99. The van der Waals surface area contributed by atoms with Gasteiger partial charge in [-0.25, -0.2) is 0 Å². The Balaban J connectivity index is 2.98. The lowest BCUT2D eigenvalue weighted by Crippen LogP contribution is -2.33. The predicted octanol–water partition coefficient (Wildman–Crippen LogP) is 0.588. The number of aryl methyl sites for hydroxylation is 1. The summed E-state index contributed by atoms with van der Waals surface area (Å²) in [5.74, 6) is 0.0370. The number of nitrogens with zero attached hydrogens (tertiary/aromatic N) is 2. The fraction of sp³-hybridized carbons (Fsp3) is 0.556. The molecule has 0 aliphatic heterocycles. The van der Waals surface area contributed by atoms with Gasteiger partial charge >= 0.3 is 0 Å². The first kappa shape index (κ1) is 9.92. The van der Waals surface area contributed by atoms with Crippen molar-refractivity contribution >= 4 is 5.78 Å². The van der Waals surface area contributed by atoms with E-state index in [-0.39, 0.29) is 5.78 Å². The number of aromatic nitrogens is 2. The molecule has 1 aromatic rings. The second-order valence-electron chi connectivity index (χ2n) is 3.76. The Morgan fingerprint density at radius 3 is 2.69 bits per heavy atom. The Morgan fingerprint density at radius 1 is 1.69 bits per heavy atom. The van der Waals surface area contributed by atoms with Gasteiger partial charge < -0.3 is 5.73 Å². The Morgan fingerprint density at radius 2 is 2.31 bits per heavy atom. The summed E-state index contributed by atoms with van der Waals surface area (Å²) in [7, 11) is 1.75. The standard InChI is InChI=1S/C9H15N3O/c1-9(2,6-10)8(13)7-4-5-11-12(7)3/h4-5H,6,10H2,1-3H3. The van der Waals surface area contributed by atoms with E-state index >= 15 is 0 Å². The van der Waals surface area contributed by atoms with Crippen molar-refractivity contribution in [1.29, 1.82) is 0 Å². The molecular formula is C9H15N3O. The lowest BCUT2D eigenvalue weighted by molar-refractivity contribution is 0.0837. The van der Waals surface area contributed by atoms with E-state index in [9.17, 15) is 4.79 Å². The molecule has 1 aromatic heterocycles. The van der Waals surface area contributed by atoms with Crippen molar-refractivity contribution in [2.24, 2.45) is 18.2 Å². The molecule has 4 nitrogen and oxygen atoms in total. The fourth-order valence-corrected chi connectivity index (χ4v) is 1.04. The number of hydrogen-bond acceptors (Lipinski definition) is 3. The van der Waals surface area contributed by atoms with E-state index in [0.29, 0.717) is 12.2 Å². The highest BCUT2D eigenvalue weighted by Gasteiger charge is 2.28. The second kappa shape index (κ2) is 3.30. The van der Waals surface area contributed by atoms with Gasteiger partial charge in [0, 0.05) is 25.2 Å². The van der Waals surface area contributed by atoms with Crippen LogP contribution in [0.5, 0.6) is 0 Å². The minimum Gasteiger partial charge on any atom is -0.329 e. The topological polar surface area (TPSA) is 60.9 Å². The summed E-state index contributed by atoms with van der Waals surface area (Å²) in [6, 6.07) is 1.71. The average Bonchev–Trinajstić information content (AvgIpc) is 2.50. The number of carbonyl (C=O) groups is 1. The van der Waals surface area contributed by atoms with Gasteiger partial charge in [0.15, 0.2) is 5.78 Å². The molecule has 1 heterocycles. The zero-order valence-corrected chi connectivity index (χ0v) is 8.24. The Kier molecular flexibility index (Phi) is 2.52. The predicted molar refractivity (Wildman–Crippen MR) is 50.4 cm³/mol. The van der Waals surface area contributed by atoms with Crippen LogP contribution in [-0.2, 0) is 7.05 Å². The van der Waals surface area contributed by atoms with Crippen LogP contribution >= 0.6 is 0 Å². The summed E-state index contributed by atoms with van der Waals surface area (Å²) < 4.78 is 1.57. The zero-order chi connectivity index (χ0) is 10.1. The van der Waals surface area contributed by atoms with Crippen molar-refractivity contribution in [2.45, 2.75) is 13.8 Å². The van der Waals surface area contributed by atoms with Gasteiger partial charge in [0.2, 0.25) is 0 Å². The molecule has 1 rings (SSSR count). The molecule has 0 amide bonds. The van der Waals surface area contributed by atoms with Crippen molar-refractivity contribution in [1.82, 2.24) is 9.78 Å². The van der Waals surface area contributed by atoms with Crippen LogP contribution in [0.15, 0.2) is 12.3 Å². The maximum absolute atomic E-state index is 11.8. The van der Waals surface area contributed by atoms with Gasteiger partial charge in [0.25, 0.3) is 0 Å². The van der Waals surface area contributed by atoms with Gasteiger partial charge in [-0.1, -0.05) is 13.8 Å². The van der Waals surface area contributed by atoms with Crippen LogP contribution in [0.3, 0.4) is 0 Å². The Bertz CT molecular complexity index is 314. The molecule has 2 N–H and O–H groups in total. The van der Waals surface area contributed by atoms with Crippen molar-refractivity contribution in [3.05, 3.63) is 18.0 Å². The van der Waals surface area contributed by atoms with Crippen LogP contribution in [0.25, 0.3) is 0 Å². The smallest absolute Gasteiger partial charge is 0.187 e. The fourth-order valence-electron chi connectivity index (χ4n) is 1.04. The Hall–Kier alpha value is -1.16. The molecule has 0 fully saturated rings. The van der Waals surface area contributed by atoms with E-state index in [4.69, 9.17) is 5.73 Å². The quantitative estimate of drug-likeness (QED) is 0.694. The van der Waals surface area contributed by atoms with Gasteiger partial charge in [-0.2, -0.15) is 5.10 Å². The third-order valence-corrected chi connectivity index (χ3v) is 2.18. The molecule has 0 aromatic carbocycles. The highest BCUT2D eigenvalue weighted by Crippen LogP contribution is 2.19. The van der Waals surface area contributed by atoms with E-state index in [1.165, 1.54) is 0 Å². The van der Waals surface area contributed by atoms with Gasteiger partial charge in [-0.3, -0.25) is 9.48 Å². The maximum atomic E-state index is 11.8. The summed E-state index contributed by atoms with van der Waals surface area (Å²) in [6.07, 6.45) is 1.61. The first-order valence-electron chi connectivity index (χ1n) is 4.22. The molecule has 0 atom stereocenters. The summed E-state index contributed by atoms with van der Waals surface area (Å²) >= 11 is 0. The van der Waals surface area contributed by atoms with Gasteiger partial charge in [0.1, 0.15) is 5.69 Å². The lowest BCUT2D eigenvalue weighted by Gasteiger charge is -2.20. The number of nitrogens with two attached hydrogens (primary N) is 1. The third-order valence-electron chi connectivity index (χ3n) is 2.18. The zero-order valence-electron chi connectivity index (χ0n) is 8.24. The summed E-state index contributed by atoms with van der Waals surface area (Å²) in [4.78, 5) is 11.8. The van der Waals surface area contributed by atoms with Crippen LogP contribution in [0.4, 0.5) is 0 Å². The molecule has 0 aliphatic carbocycles. The van der Waals surface area contributed by atoms with Crippen LogP contribution < -0.4 is 5.73 Å². The summed E-state index contributed by atoms with van der Waals surface area (Å²) in [5, 5.41) is 3.94. The molecule has 0 spiro atoms. The molecular weight excluding hydrogens is 166 g/mol. The monoisotopic (exact) mass is 181 g/mol. The molecule has 0 aliphatic rings. The maximum Gasteiger partial charge on any atom is 0.187 e. The highest BCUT2D eigenvalue weighted by atomic mass is 16.1. The number of ketones is 1. The minimum absolute atomic E-state index is 0.0370. The van der Waals surface area contributed by atoms with Gasteiger partial charge in [0.05, 0.1) is 0 Å². The van der Waals surface area contributed by atoms with E-state index in [2.05, 4.69) is 5.10 Å². The largest absolute Gasteiger partial charge is 0.329 e. The van der Waals surface area contributed by atoms with Gasteiger partial charge in [-0.15, -0.1) is 0 Å². The van der Waals surface area contributed by atoms with Crippen LogP contribution in [0.2, 0.25) is 0 Å². The summed E-state index contributed by atoms with van der Waals surface area (Å²) in [5.41, 5.74) is 5.61. The minimum atomic E-state index is -0.506. The number of carbonyl (C=O) groups excluding carboxylic acids is 1. The van der Waals surface area contributed by atoms with Crippen molar-refractivity contribution in [2.75, 3.05) is 6.54 Å². The van der Waals surface area contributed by atoms with Crippen LogP contribution in [0.1, 0.15) is 24.3 Å². The Labute approximate surface area is 77.7 Å². The molecule has 0 bridgehead atoms. The van der Waals surface area contributed by atoms with E-state index in [1.54, 1.807) is 24.0 Å². The molecule has 4 heteroatoms. The molecule has 0 saturated carbocycles. The van der Waals surface area contributed by atoms with Crippen LogP contribution in [-0.4, -0.2) is 22.1 Å². The van der Waals surface area contributed by atoms with Crippen molar-refractivity contribution in [3.63, 3.8) is 0 Å². The average molecular weight is 181 g/mol. The molecule has 72 valence electrons. The molecule has 0 saturated heterocycles. The number of hydrogen-bond donors (Lipinski definition) is 1. The SMILES string of the molecule is Cn1nccc1C(=O)C(C)(C)CN. The number of Topliss-reactive ketones (excluding diaryl/α,β-unsaturated/α-hetero) is 1. The second-order valence-corrected chi connectivity index (χ2v) is 3.76. The first-order valence-corrected chi connectivity index (χ1v) is 4.22. The van der Waals surface area contributed by atoms with E-state index in [0.717, 1.165) is 0 Å². The normalized spacial score (nSPS) is 11.7. The molecule has 13 heavy (non-hydrogen) atoms. The van der Waals surface area contributed by atoms with Crippen molar-refractivity contribution < 1.29 is 4.79 Å². The van der Waals surface area contributed by atoms with E-state index < -0.39 is 5.41 Å². The number of rotatable bonds is 3. The molecule has 0 unspecified atom stereocenters. The third kappa shape index (κ3) is 1.78.